The molecular formula is C17H28O4. The Labute approximate surface area is 126 Å². The van der Waals surface area contributed by atoms with Crippen molar-refractivity contribution in [3.63, 3.8) is 0 Å². The van der Waals surface area contributed by atoms with E-state index in [2.05, 4.69) is 0 Å². The highest BCUT2D eigenvalue weighted by molar-refractivity contribution is 5.81. The van der Waals surface area contributed by atoms with Crippen molar-refractivity contribution in [1.82, 2.24) is 0 Å². The van der Waals surface area contributed by atoms with E-state index in [0.717, 1.165) is 25.7 Å². The SMILES string of the molecule is CC(O)CCCCC(O)C=C[C@@H]1[C@@H]2CC(=O)C[C@@H]2C[C@H]1O. The number of rotatable bonds is 7. The molecule has 2 aliphatic carbocycles. The van der Waals surface area contributed by atoms with E-state index in [1.807, 2.05) is 6.08 Å². The van der Waals surface area contributed by atoms with Gasteiger partial charge in [0.15, 0.2) is 0 Å². The van der Waals surface area contributed by atoms with E-state index in [1.165, 1.54) is 0 Å². The first kappa shape index (κ1) is 16.7. The number of ketones is 1. The summed E-state index contributed by atoms with van der Waals surface area (Å²) in [5.74, 6) is 0.944. The van der Waals surface area contributed by atoms with Crippen molar-refractivity contribution in [2.24, 2.45) is 17.8 Å². The third kappa shape index (κ3) is 4.63. The molecule has 2 saturated carbocycles. The third-order valence-electron chi connectivity index (χ3n) is 4.97. The second-order valence-electron chi connectivity index (χ2n) is 6.84. The Morgan fingerprint density at radius 1 is 1.24 bits per heavy atom. The highest BCUT2D eigenvalue weighted by Crippen LogP contribution is 2.46. The number of aliphatic hydroxyl groups is 3. The van der Waals surface area contributed by atoms with E-state index in [-0.39, 0.29) is 24.0 Å². The van der Waals surface area contributed by atoms with Crippen LogP contribution in [0.4, 0.5) is 0 Å². The number of carbonyl (C=O) groups excluding carboxylic acids is 1. The lowest BCUT2D eigenvalue weighted by Gasteiger charge is -2.17. The molecule has 2 fully saturated rings. The molecule has 6 atom stereocenters. The molecule has 0 aromatic carbocycles. The Bertz CT molecular complexity index is 377. The maximum Gasteiger partial charge on any atom is 0.133 e. The van der Waals surface area contributed by atoms with E-state index in [1.54, 1.807) is 13.0 Å². The first-order valence-electron chi connectivity index (χ1n) is 8.21. The molecule has 2 rings (SSSR count). The van der Waals surface area contributed by atoms with E-state index < -0.39 is 6.10 Å². The van der Waals surface area contributed by atoms with Crippen LogP contribution in [0, 0.1) is 17.8 Å². The smallest absolute Gasteiger partial charge is 0.133 e. The van der Waals surface area contributed by atoms with E-state index >= 15 is 0 Å². The molecule has 0 aromatic heterocycles. The third-order valence-corrected chi connectivity index (χ3v) is 4.97. The quantitative estimate of drug-likeness (QED) is 0.495. The van der Waals surface area contributed by atoms with Gasteiger partial charge in [-0.3, -0.25) is 4.79 Å². The topological polar surface area (TPSA) is 77.8 Å². The van der Waals surface area contributed by atoms with Crippen molar-refractivity contribution in [2.45, 2.75) is 70.2 Å². The minimum absolute atomic E-state index is 0.0218. The highest BCUT2D eigenvalue weighted by Gasteiger charge is 2.46. The predicted molar refractivity (Wildman–Crippen MR) is 80.6 cm³/mol. The number of unbranched alkanes of at least 4 members (excludes halogenated alkanes) is 1. The largest absolute Gasteiger partial charge is 0.393 e. The number of hydrogen-bond donors (Lipinski definition) is 3. The van der Waals surface area contributed by atoms with Crippen LogP contribution in [0.5, 0.6) is 0 Å². The first-order chi connectivity index (χ1) is 9.97. The summed E-state index contributed by atoms with van der Waals surface area (Å²) in [5, 5.41) is 29.2. The molecule has 120 valence electrons. The van der Waals surface area contributed by atoms with Gasteiger partial charge in [0.1, 0.15) is 5.78 Å². The average Bonchev–Trinajstić information content (AvgIpc) is 2.87. The van der Waals surface area contributed by atoms with Gasteiger partial charge in [-0.25, -0.2) is 0 Å². The lowest BCUT2D eigenvalue weighted by atomic mass is 9.90. The normalized spacial score (nSPS) is 35.3. The van der Waals surface area contributed by atoms with Crippen molar-refractivity contribution < 1.29 is 20.1 Å². The molecule has 0 radical (unpaired) electrons. The summed E-state index contributed by atoms with van der Waals surface area (Å²) in [6.07, 6.45) is 7.72. The Kier molecular flexibility index (Phi) is 5.97. The maximum absolute atomic E-state index is 11.5. The molecule has 2 unspecified atom stereocenters. The molecule has 0 heterocycles. The summed E-state index contributed by atoms with van der Waals surface area (Å²) in [6, 6.07) is 0. The molecule has 21 heavy (non-hydrogen) atoms. The van der Waals surface area contributed by atoms with Crippen molar-refractivity contribution >= 4 is 5.78 Å². The fourth-order valence-corrected chi connectivity index (χ4v) is 3.83. The zero-order valence-electron chi connectivity index (χ0n) is 12.8. The monoisotopic (exact) mass is 296 g/mol. The van der Waals surface area contributed by atoms with E-state index in [0.29, 0.717) is 31.0 Å². The van der Waals surface area contributed by atoms with Gasteiger partial charge in [0.25, 0.3) is 0 Å². The van der Waals surface area contributed by atoms with E-state index in [4.69, 9.17) is 0 Å². The van der Waals surface area contributed by atoms with Crippen LogP contribution in [0.15, 0.2) is 12.2 Å². The summed E-state index contributed by atoms with van der Waals surface area (Å²) < 4.78 is 0. The highest BCUT2D eigenvalue weighted by atomic mass is 16.3. The van der Waals surface area contributed by atoms with Crippen molar-refractivity contribution in [3.8, 4) is 0 Å². The molecule has 3 N–H and O–H groups in total. The molecule has 0 aliphatic heterocycles. The summed E-state index contributed by atoms with van der Waals surface area (Å²) in [6.45, 7) is 1.77. The Morgan fingerprint density at radius 3 is 2.67 bits per heavy atom. The Hall–Kier alpha value is -0.710. The van der Waals surface area contributed by atoms with Gasteiger partial charge in [-0.15, -0.1) is 0 Å². The minimum atomic E-state index is -0.498. The molecule has 4 nitrogen and oxygen atoms in total. The van der Waals surface area contributed by atoms with Gasteiger partial charge in [-0.2, -0.15) is 0 Å². The first-order valence-corrected chi connectivity index (χ1v) is 8.21. The van der Waals surface area contributed by atoms with Crippen LogP contribution >= 0.6 is 0 Å². The minimum Gasteiger partial charge on any atom is -0.393 e. The lowest BCUT2D eigenvalue weighted by molar-refractivity contribution is -0.118. The number of hydrogen-bond acceptors (Lipinski definition) is 4. The molecule has 2 aliphatic rings. The maximum atomic E-state index is 11.5. The Morgan fingerprint density at radius 2 is 1.95 bits per heavy atom. The fraction of sp³-hybridized carbons (Fsp3) is 0.824. The fourth-order valence-electron chi connectivity index (χ4n) is 3.83. The number of fused-ring (bicyclic) bond motifs is 1. The zero-order valence-corrected chi connectivity index (χ0v) is 12.8. The number of aliphatic hydroxyl groups excluding tert-OH is 3. The van der Waals surface area contributed by atoms with Gasteiger partial charge in [-0.05, 0) is 38.0 Å². The van der Waals surface area contributed by atoms with Crippen LogP contribution in [0.1, 0.15) is 51.9 Å². The van der Waals surface area contributed by atoms with Gasteiger partial charge >= 0.3 is 0 Å². The molecule has 0 saturated heterocycles. The van der Waals surface area contributed by atoms with Crippen molar-refractivity contribution in [2.75, 3.05) is 0 Å². The summed E-state index contributed by atoms with van der Waals surface area (Å²) >= 11 is 0. The van der Waals surface area contributed by atoms with Crippen LogP contribution in [-0.4, -0.2) is 39.4 Å². The average molecular weight is 296 g/mol. The second kappa shape index (κ2) is 7.52. The standard InChI is InChI=1S/C17H28O4/c1-11(18)4-2-3-5-13(19)6-7-15-16-10-14(20)8-12(16)9-17(15)21/h6-7,11-13,15-19,21H,2-5,8-10H2,1H3/t11?,12-,13?,15-,16-,17-/m1/s1. The van der Waals surface area contributed by atoms with E-state index in [9.17, 15) is 20.1 Å². The van der Waals surface area contributed by atoms with Gasteiger partial charge < -0.3 is 15.3 Å². The molecule has 0 aromatic rings. The van der Waals surface area contributed by atoms with Crippen LogP contribution in [-0.2, 0) is 4.79 Å². The predicted octanol–water partition coefficient (Wildman–Crippen LogP) is 1.82. The van der Waals surface area contributed by atoms with Gasteiger partial charge in [0, 0.05) is 18.8 Å². The van der Waals surface area contributed by atoms with Gasteiger partial charge in [0.2, 0.25) is 0 Å². The summed E-state index contributed by atoms with van der Waals surface area (Å²) in [4.78, 5) is 11.5. The van der Waals surface area contributed by atoms with Crippen molar-refractivity contribution in [3.05, 3.63) is 12.2 Å². The lowest BCUT2D eigenvalue weighted by Crippen LogP contribution is -2.18. The van der Waals surface area contributed by atoms with Crippen LogP contribution in [0.2, 0.25) is 0 Å². The zero-order chi connectivity index (χ0) is 15.4. The van der Waals surface area contributed by atoms with Crippen LogP contribution in [0.25, 0.3) is 0 Å². The number of carbonyl (C=O) groups is 1. The molecule has 4 heteroatoms. The van der Waals surface area contributed by atoms with Gasteiger partial charge in [-0.1, -0.05) is 25.0 Å². The molecule has 0 spiro atoms. The van der Waals surface area contributed by atoms with Crippen molar-refractivity contribution in [1.29, 1.82) is 0 Å². The molecule has 0 amide bonds. The Balaban J connectivity index is 1.76. The summed E-state index contributed by atoms with van der Waals surface area (Å²) in [7, 11) is 0. The van der Waals surface area contributed by atoms with Crippen LogP contribution in [0.3, 0.4) is 0 Å². The molecular weight excluding hydrogens is 268 g/mol. The van der Waals surface area contributed by atoms with Gasteiger partial charge in [0.05, 0.1) is 18.3 Å². The second-order valence-corrected chi connectivity index (χ2v) is 6.84. The van der Waals surface area contributed by atoms with Crippen LogP contribution < -0.4 is 0 Å². The summed E-state index contributed by atoms with van der Waals surface area (Å²) in [5.41, 5.74) is 0. The number of Topliss-reactive ketones (excluding diaryl/α,β-unsaturated/α-hetero) is 1. The molecule has 0 bridgehead atoms.